The summed E-state index contributed by atoms with van der Waals surface area (Å²) in [6.45, 7) is 2.31. The van der Waals surface area contributed by atoms with Gasteiger partial charge < -0.3 is 20.2 Å². The Kier molecular flexibility index (Phi) is 13.4. The fourth-order valence-corrected chi connectivity index (χ4v) is 5.00. The Bertz CT molecular complexity index is 1850. The van der Waals surface area contributed by atoms with Crippen LogP contribution in [0.25, 0.3) is 12.2 Å². The van der Waals surface area contributed by atoms with E-state index in [0.717, 1.165) is 68.7 Å². The van der Waals surface area contributed by atoms with E-state index in [2.05, 4.69) is 59.9 Å². The average Bonchev–Trinajstić information content (AvgIpc) is 3.93. The lowest BCUT2D eigenvalue weighted by Crippen LogP contribution is -2.16. The summed E-state index contributed by atoms with van der Waals surface area (Å²) in [5, 5.41) is 18.8. The zero-order valence-corrected chi connectivity index (χ0v) is 28.0. The first-order valence-corrected chi connectivity index (χ1v) is 16.6. The Balaban J connectivity index is 0.000000262. The summed E-state index contributed by atoms with van der Waals surface area (Å²) in [7, 11) is 0. The summed E-state index contributed by atoms with van der Waals surface area (Å²) in [5.74, 6) is 0.133. The number of nitrogens with one attached hydrogen (secondary N) is 1. The van der Waals surface area contributed by atoms with E-state index >= 15 is 0 Å². The number of nitrogens with two attached hydrogens (primary N) is 1. The first-order valence-electron chi connectivity index (χ1n) is 16.6. The van der Waals surface area contributed by atoms with Crippen molar-refractivity contribution in [2.24, 2.45) is 0 Å². The van der Waals surface area contributed by atoms with Crippen molar-refractivity contribution in [2.75, 3.05) is 11.1 Å². The highest BCUT2D eigenvalue weighted by Gasteiger charge is 2.30. The molecule has 3 aromatic heterocycles. The van der Waals surface area contributed by atoms with Gasteiger partial charge in [0.05, 0.1) is 24.6 Å². The number of halogens is 3. The predicted octanol–water partition coefficient (Wildman–Crippen LogP) is 7.85. The third kappa shape index (κ3) is 13.5. The molecule has 11 nitrogen and oxygen atoms in total. The molecule has 0 aliphatic heterocycles. The first-order chi connectivity index (χ1) is 24.8. The maximum atomic E-state index is 12.2. The highest BCUT2D eigenvalue weighted by atomic mass is 19.4. The van der Waals surface area contributed by atoms with Crippen LogP contribution in [0.15, 0.2) is 108 Å². The Labute approximate surface area is 294 Å². The van der Waals surface area contributed by atoms with Gasteiger partial charge in [-0.3, -0.25) is 9.36 Å². The Hall–Kier alpha value is -5.92. The maximum absolute atomic E-state index is 12.2. The molecular weight excluding hydrogens is 659 g/mol. The number of nitrogen functional groups attached to an aromatic ring is 1. The predicted molar refractivity (Wildman–Crippen MR) is 189 cm³/mol. The zero-order valence-electron chi connectivity index (χ0n) is 28.0. The molecule has 0 aliphatic rings. The molecule has 0 bridgehead atoms. The summed E-state index contributed by atoms with van der Waals surface area (Å²) >= 11 is 0. The van der Waals surface area contributed by atoms with Crippen molar-refractivity contribution in [1.29, 1.82) is 0 Å². The van der Waals surface area contributed by atoms with E-state index in [1.165, 1.54) is 35.4 Å². The summed E-state index contributed by atoms with van der Waals surface area (Å²) < 4.78 is 49.7. The van der Waals surface area contributed by atoms with Gasteiger partial charge in [-0.2, -0.15) is 0 Å². The number of anilines is 2. The van der Waals surface area contributed by atoms with Gasteiger partial charge in [-0.15, -0.1) is 23.4 Å². The van der Waals surface area contributed by atoms with E-state index in [4.69, 9.17) is 10.2 Å². The van der Waals surface area contributed by atoms with Crippen molar-refractivity contribution in [3.05, 3.63) is 132 Å². The van der Waals surface area contributed by atoms with Crippen molar-refractivity contribution in [3.8, 4) is 5.75 Å². The standard InChI is InChI=1S/C25H24F3N5O2.C12H16N4/c26-25(27,28)35-23-11-6-20(7-12-23)8-13-24-31-22(18-34-24)17-29-21-9-4-19(5-10-21)3-1-2-15-33-16-14-30-32-33;13-12-6-4-11(5-7-12)3-1-2-9-16-10-8-14-15-16/h4-14,16,18,29H,1-3,15,17H2;4-8,10H,1-3,9,13H2. The van der Waals surface area contributed by atoms with Crippen molar-refractivity contribution >= 4 is 23.5 Å². The number of benzene rings is 3. The van der Waals surface area contributed by atoms with E-state index < -0.39 is 6.36 Å². The molecule has 0 aliphatic carbocycles. The van der Waals surface area contributed by atoms with Crippen LogP contribution in [-0.2, 0) is 32.5 Å². The van der Waals surface area contributed by atoms with E-state index in [0.29, 0.717) is 18.0 Å². The summed E-state index contributed by atoms with van der Waals surface area (Å²) in [5.41, 5.74) is 11.5. The third-order valence-electron chi connectivity index (χ3n) is 7.66. The SMILES string of the molecule is FC(F)(F)Oc1ccc(C=Cc2nc(CNc3ccc(CCCCn4ccnn4)cc3)co2)cc1.Nc1ccc(CCCCn2ccnn2)cc1. The van der Waals surface area contributed by atoms with E-state index in [1.807, 2.05) is 46.0 Å². The number of oxazole rings is 1. The Morgan fingerprint density at radius 1 is 0.745 bits per heavy atom. The maximum Gasteiger partial charge on any atom is 0.573 e. The second kappa shape index (κ2) is 18.7. The number of ether oxygens (including phenoxy) is 1. The van der Waals surface area contributed by atoms with Crippen LogP contribution < -0.4 is 15.8 Å². The number of aryl methyl sites for hydroxylation is 4. The van der Waals surface area contributed by atoms with Crippen LogP contribution in [-0.4, -0.2) is 41.3 Å². The van der Waals surface area contributed by atoms with E-state index in [9.17, 15) is 13.2 Å². The number of nitrogens with zero attached hydrogens (tertiary/aromatic N) is 7. The van der Waals surface area contributed by atoms with Gasteiger partial charge in [0.25, 0.3) is 0 Å². The molecule has 0 saturated heterocycles. The van der Waals surface area contributed by atoms with Gasteiger partial charge in [0, 0.05) is 42.9 Å². The zero-order chi connectivity index (χ0) is 35.7. The topological polar surface area (TPSA) is 135 Å². The number of hydrogen-bond acceptors (Lipinski definition) is 9. The minimum absolute atomic E-state index is 0.268. The molecule has 6 rings (SSSR count). The van der Waals surface area contributed by atoms with Gasteiger partial charge in [0.15, 0.2) is 0 Å². The highest BCUT2D eigenvalue weighted by molar-refractivity contribution is 5.66. The fourth-order valence-electron chi connectivity index (χ4n) is 5.00. The lowest BCUT2D eigenvalue weighted by molar-refractivity contribution is -0.274. The van der Waals surface area contributed by atoms with Crippen LogP contribution in [0.2, 0.25) is 0 Å². The molecule has 0 amide bonds. The normalized spacial score (nSPS) is 11.4. The minimum Gasteiger partial charge on any atom is -0.445 e. The van der Waals surface area contributed by atoms with Crippen LogP contribution in [0.4, 0.5) is 24.5 Å². The molecule has 14 heteroatoms. The highest BCUT2D eigenvalue weighted by Crippen LogP contribution is 2.23. The van der Waals surface area contributed by atoms with Crippen LogP contribution in [0, 0.1) is 0 Å². The molecule has 0 unspecified atom stereocenters. The average molecular weight is 700 g/mol. The monoisotopic (exact) mass is 699 g/mol. The second-order valence-electron chi connectivity index (χ2n) is 11.7. The molecule has 0 spiro atoms. The molecule has 0 atom stereocenters. The second-order valence-corrected chi connectivity index (χ2v) is 11.7. The van der Waals surface area contributed by atoms with Crippen molar-refractivity contribution < 1.29 is 22.3 Å². The number of aromatic nitrogens is 7. The number of alkyl halides is 3. The molecule has 3 aromatic carbocycles. The number of rotatable bonds is 16. The van der Waals surface area contributed by atoms with Gasteiger partial charge in [-0.05, 0) is 97.7 Å². The largest absolute Gasteiger partial charge is 0.573 e. The smallest absolute Gasteiger partial charge is 0.445 e. The molecule has 51 heavy (non-hydrogen) atoms. The van der Waals surface area contributed by atoms with E-state index in [-0.39, 0.29) is 5.75 Å². The number of unbranched alkanes of at least 4 members (excludes halogenated alkanes) is 2. The molecule has 266 valence electrons. The van der Waals surface area contributed by atoms with Gasteiger partial charge in [-0.25, -0.2) is 4.98 Å². The van der Waals surface area contributed by atoms with Crippen molar-refractivity contribution in [1.82, 2.24) is 35.0 Å². The molecule has 3 N–H and O–H groups in total. The van der Waals surface area contributed by atoms with Gasteiger partial charge in [0.2, 0.25) is 5.89 Å². The molecule has 3 heterocycles. The quantitative estimate of drug-likeness (QED) is 0.0765. The third-order valence-corrected chi connectivity index (χ3v) is 7.66. The van der Waals surface area contributed by atoms with Gasteiger partial charge >= 0.3 is 6.36 Å². The van der Waals surface area contributed by atoms with Crippen LogP contribution in [0.3, 0.4) is 0 Å². The minimum atomic E-state index is -4.71. The lowest BCUT2D eigenvalue weighted by Gasteiger charge is -2.08. The van der Waals surface area contributed by atoms with Gasteiger partial charge in [0.1, 0.15) is 12.0 Å². The molecule has 6 aromatic rings. The van der Waals surface area contributed by atoms with Crippen molar-refractivity contribution in [2.45, 2.75) is 64.5 Å². The molecule has 0 saturated carbocycles. The summed E-state index contributed by atoms with van der Waals surface area (Å²) in [6, 6.07) is 21.9. The van der Waals surface area contributed by atoms with Gasteiger partial charge in [-0.1, -0.05) is 46.8 Å². The first kappa shape index (κ1) is 36.4. The van der Waals surface area contributed by atoms with Crippen LogP contribution in [0.1, 0.15) is 54.0 Å². The molecular formula is C37H40F3N9O2. The molecule has 0 fully saturated rings. The van der Waals surface area contributed by atoms with E-state index in [1.54, 1.807) is 30.8 Å². The summed E-state index contributed by atoms with van der Waals surface area (Å²) in [6.07, 6.45) is 13.9. The van der Waals surface area contributed by atoms with Crippen molar-refractivity contribution in [3.63, 3.8) is 0 Å². The number of hydrogen-bond donors (Lipinski definition) is 2. The molecule has 0 radical (unpaired) electrons. The summed E-state index contributed by atoms with van der Waals surface area (Å²) in [4.78, 5) is 4.39. The lowest BCUT2D eigenvalue weighted by atomic mass is 10.1. The Morgan fingerprint density at radius 3 is 1.88 bits per heavy atom. The van der Waals surface area contributed by atoms with Crippen LogP contribution >= 0.6 is 0 Å². The Morgan fingerprint density at radius 2 is 1.33 bits per heavy atom. The van der Waals surface area contributed by atoms with Crippen LogP contribution in [0.5, 0.6) is 5.75 Å². The fraction of sp³-hybridized carbons (Fsp3) is 0.270.